The Bertz CT molecular complexity index is 654. The highest BCUT2D eigenvalue weighted by molar-refractivity contribution is 9.10. The van der Waals surface area contributed by atoms with E-state index in [1.165, 1.54) is 4.88 Å². The van der Waals surface area contributed by atoms with Crippen molar-refractivity contribution in [1.29, 1.82) is 0 Å². The van der Waals surface area contributed by atoms with Gasteiger partial charge in [-0.15, -0.1) is 11.3 Å². The van der Waals surface area contributed by atoms with Crippen LogP contribution in [0.1, 0.15) is 17.0 Å². The summed E-state index contributed by atoms with van der Waals surface area (Å²) >= 11 is 5.03. The normalized spacial score (nSPS) is 14.3. The lowest BCUT2D eigenvalue weighted by molar-refractivity contribution is -0.118. The minimum absolute atomic E-state index is 0.267. The molecule has 0 saturated carbocycles. The van der Waals surface area contributed by atoms with Gasteiger partial charge in [0.1, 0.15) is 10.8 Å². The van der Waals surface area contributed by atoms with Crippen LogP contribution >= 0.6 is 27.3 Å². The van der Waals surface area contributed by atoms with Crippen molar-refractivity contribution >= 4 is 33.0 Å². The summed E-state index contributed by atoms with van der Waals surface area (Å²) in [7, 11) is 1.59. The molecule has 2 heterocycles. The van der Waals surface area contributed by atoms with Crippen LogP contribution in [0.15, 0.2) is 16.7 Å². The minimum atomic E-state index is 0.267. The van der Waals surface area contributed by atoms with Gasteiger partial charge in [-0.2, -0.15) is 0 Å². The average Bonchev–Trinajstić information content (AvgIpc) is 2.81. The van der Waals surface area contributed by atoms with Crippen LogP contribution < -0.4 is 4.74 Å². The lowest BCUT2D eigenvalue weighted by Crippen LogP contribution is -2.11. The van der Waals surface area contributed by atoms with Crippen molar-refractivity contribution in [1.82, 2.24) is 9.97 Å². The van der Waals surface area contributed by atoms with E-state index in [1.807, 2.05) is 6.07 Å². The summed E-state index contributed by atoms with van der Waals surface area (Å²) in [5, 5.41) is 0.866. The smallest absolute Gasteiger partial charge is 0.223 e. The number of hydrogen-bond acceptors (Lipinski definition) is 5. The monoisotopic (exact) mass is 338 g/mol. The molecule has 3 rings (SSSR count). The van der Waals surface area contributed by atoms with E-state index in [9.17, 15) is 4.79 Å². The van der Waals surface area contributed by atoms with Crippen LogP contribution in [0.5, 0.6) is 5.88 Å². The summed E-state index contributed by atoms with van der Waals surface area (Å²) in [6.07, 6.45) is 3.58. The molecule has 0 aliphatic heterocycles. The third-order valence-electron chi connectivity index (χ3n) is 3.02. The van der Waals surface area contributed by atoms with Crippen LogP contribution in [-0.4, -0.2) is 22.9 Å². The molecule has 19 heavy (non-hydrogen) atoms. The Morgan fingerprint density at radius 1 is 1.42 bits per heavy atom. The number of pyridine rings is 1. The first-order valence-corrected chi connectivity index (χ1v) is 7.48. The lowest BCUT2D eigenvalue weighted by Gasteiger charge is -2.06. The van der Waals surface area contributed by atoms with Gasteiger partial charge in [0, 0.05) is 28.4 Å². The Labute approximate surface area is 123 Å². The summed E-state index contributed by atoms with van der Waals surface area (Å²) in [6.45, 7) is 0. The SMILES string of the molecule is COc1ncc(Br)cc1-c1nc2c(s1)CCC(=O)C2. The maximum Gasteiger partial charge on any atom is 0.223 e. The van der Waals surface area contributed by atoms with Crippen LogP contribution in [-0.2, 0) is 17.6 Å². The molecule has 0 radical (unpaired) electrons. The van der Waals surface area contributed by atoms with Gasteiger partial charge in [0.2, 0.25) is 5.88 Å². The number of ether oxygens (including phenoxy) is 1. The fourth-order valence-corrected chi connectivity index (χ4v) is 3.52. The Morgan fingerprint density at radius 2 is 2.26 bits per heavy atom. The third-order valence-corrected chi connectivity index (χ3v) is 4.64. The van der Waals surface area contributed by atoms with Crippen LogP contribution in [0.4, 0.5) is 0 Å². The number of carbonyl (C=O) groups excluding carboxylic acids is 1. The van der Waals surface area contributed by atoms with Gasteiger partial charge < -0.3 is 4.74 Å². The molecule has 0 saturated heterocycles. The molecule has 0 N–H and O–H groups in total. The zero-order valence-corrected chi connectivity index (χ0v) is 12.7. The van der Waals surface area contributed by atoms with Crippen molar-refractivity contribution in [3.63, 3.8) is 0 Å². The fraction of sp³-hybridized carbons (Fsp3) is 0.308. The third kappa shape index (κ3) is 2.42. The van der Waals surface area contributed by atoms with Gasteiger partial charge in [-0.3, -0.25) is 4.79 Å². The molecule has 0 unspecified atom stereocenters. The van der Waals surface area contributed by atoms with Crippen molar-refractivity contribution < 1.29 is 9.53 Å². The maximum absolute atomic E-state index is 11.5. The number of thiazole rings is 1. The Hall–Kier alpha value is -1.27. The number of rotatable bonds is 2. The molecule has 6 heteroatoms. The van der Waals surface area contributed by atoms with Crippen LogP contribution in [0.3, 0.4) is 0 Å². The molecule has 98 valence electrons. The van der Waals surface area contributed by atoms with E-state index >= 15 is 0 Å². The molecule has 0 amide bonds. The minimum Gasteiger partial charge on any atom is -0.480 e. The standard InChI is InChI=1S/C13H11BrN2O2S/c1-18-12-9(4-7(14)6-15-12)13-16-10-5-8(17)2-3-11(10)19-13/h4,6H,2-3,5H2,1H3. The van der Waals surface area contributed by atoms with Gasteiger partial charge in [0.25, 0.3) is 0 Å². The quantitative estimate of drug-likeness (QED) is 0.844. The van der Waals surface area contributed by atoms with E-state index in [1.54, 1.807) is 24.6 Å². The fourth-order valence-electron chi connectivity index (χ4n) is 2.10. The zero-order valence-electron chi connectivity index (χ0n) is 10.3. The number of halogens is 1. The second-order valence-electron chi connectivity index (χ2n) is 4.31. The number of Topliss-reactive ketones (excluding diaryl/α,β-unsaturated/α-hetero) is 1. The number of carbonyl (C=O) groups is 1. The van der Waals surface area contributed by atoms with Crippen molar-refractivity contribution in [2.45, 2.75) is 19.3 Å². The van der Waals surface area contributed by atoms with E-state index in [-0.39, 0.29) is 5.78 Å². The number of hydrogen-bond donors (Lipinski definition) is 0. The highest BCUT2D eigenvalue weighted by atomic mass is 79.9. The molecule has 2 aromatic heterocycles. The number of aromatic nitrogens is 2. The average molecular weight is 339 g/mol. The molecule has 0 spiro atoms. The van der Waals surface area contributed by atoms with Crippen LogP contribution in [0.2, 0.25) is 0 Å². The number of ketones is 1. The maximum atomic E-state index is 11.5. The van der Waals surface area contributed by atoms with Gasteiger partial charge in [-0.05, 0) is 28.4 Å². The van der Waals surface area contributed by atoms with Gasteiger partial charge in [0.15, 0.2) is 0 Å². The first kappa shape index (κ1) is 12.7. The first-order valence-electron chi connectivity index (χ1n) is 5.87. The molecule has 0 bridgehead atoms. The summed E-state index contributed by atoms with van der Waals surface area (Å²) in [6, 6.07) is 1.94. The summed E-state index contributed by atoms with van der Waals surface area (Å²) in [4.78, 5) is 21.5. The summed E-state index contributed by atoms with van der Waals surface area (Å²) < 4.78 is 6.16. The predicted octanol–water partition coefficient (Wildman–Crippen LogP) is 3.03. The molecular formula is C13H11BrN2O2S. The summed E-state index contributed by atoms with van der Waals surface area (Å²) in [5.74, 6) is 0.823. The number of methoxy groups -OCH3 is 1. The lowest BCUT2D eigenvalue weighted by atomic mass is 10.0. The van der Waals surface area contributed by atoms with Crippen molar-refractivity contribution in [3.05, 3.63) is 27.3 Å². The molecule has 2 aromatic rings. The van der Waals surface area contributed by atoms with E-state index in [2.05, 4.69) is 25.9 Å². The molecule has 0 aromatic carbocycles. The predicted molar refractivity (Wildman–Crippen MR) is 76.6 cm³/mol. The molecule has 1 aliphatic carbocycles. The van der Waals surface area contributed by atoms with Crippen molar-refractivity contribution in [2.24, 2.45) is 0 Å². The second-order valence-corrected chi connectivity index (χ2v) is 6.31. The molecule has 0 atom stereocenters. The number of aryl methyl sites for hydroxylation is 1. The molecule has 4 nitrogen and oxygen atoms in total. The van der Waals surface area contributed by atoms with Crippen molar-refractivity contribution in [3.8, 4) is 16.5 Å². The van der Waals surface area contributed by atoms with E-state index in [0.29, 0.717) is 18.7 Å². The highest BCUT2D eigenvalue weighted by Gasteiger charge is 2.22. The largest absolute Gasteiger partial charge is 0.480 e. The summed E-state index contributed by atoms with van der Waals surface area (Å²) in [5.41, 5.74) is 1.78. The van der Waals surface area contributed by atoms with Gasteiger partial charge in [-0.25, -0.2) is 9.97 Å². The van der Waals surface area contributed by atoms with Crippen molar-refractivity contribution in [2.75, 3.05) is 7.11 Å². The second kappa shape index (κ2) is 5.02. The van der Waals surface area contributed by atoms with E-state index in [0.717, 1.165) is 27.2 Å². The first-order chi connectivity index (χ1) is 9.17. The van der Waals surface area contributed by atoms with Crippen LogP contribution in [0, 0.1) is 0 Å². The van der Waals surface area contributed by atoms with E-state index in [4.69, 9.17) is 4.74 Å². The Morgan fingerprint density at radius 3 is 3.05 bits per heavy atom. The van der Waals surface area contributed by atoms with Gasteiger partial charge >= 0.3 is 0 Å². The van der Waals surface area contributed by atoms with Gasteiger partial charge in [-0.1, -0.05) is 0 Å². The van der Waals surface area contributed by atoms with E-state index < -0.39 is 0 Å². The Kier molecular flexibility index (Phi) is 3.36. The number of nitrogens with zero attached hydrogens (tertiary/aromatic N) is 2. The number of fused-ring (bicyclic) bond motifs is 1. The zero-order chi connectivity index (χ0) is 13.4. The molecule has 1 aliphatic rings. The van der Waals surface area contributed by atoms with Crippen LogP contribution in [0.25, 0.3) is 10.6 Å². The topological polar surface area (TPSA) is 52.1 Å². The Balaban J connectivity index is 2.08. The van der Waals surface area contributed by atoms with Gasteiger partial charge in [0.05, 0.1) is 18.4 Å². The highest BCUT2D eigenvalue weighted by Crippen LogP contribution is 2.36. The molecular weight excluding hydrogens is 328 g/mol. The molecule has 0 fully saturated rings.